The predicted octanol–water partition coefficient (Wildman–Crippen LogP) is 1.18. The summed E-state index contributed by atoms with van der Waals surface area (Å²) < 4.78 is 2.41. The van der Waals surface area contributed by atoms with Crippen LogP contribution >= 0.6 is 12.2 Å². The fraction of sp³-hybridized carbons (Fsp3) is 0.700. The van der Waals surface area contributed by atoms with Crippen LogP contribution in [0.2, 0.25) is 0 Å². The van der Waals surface area contributed by atoms with E-state index in [0.29, 0.717) is 17.7 Å². The molecule has 0 spiro atoms. The summed E-state index contributed by atoms with van der Waals surface area (Å²) in [5.74, 6) is 1.02. The molecule has 1 amide bonds. The SMILES string of the molecule is CCC(C)C(=O)NCCc1n[nH]c(=S)n1C. The van der Waals surface area contributed by atoms with Gasteiger partial charge in [-0.3, -0.25) is 9.89 Å². The molecule has 0 aromatic carbocycles. The molecule has 6 heteroatoms. The van der Waals surface area contributed by atoms with Gasteiger partial charge in [-0.05, 0) is 18.6 Å². The van der Waals surface area contributed by atoms with Gasteiger partial charge in [0.25, 0.3) is 0 Å². The van der Waals surface area contributed by atoms with Crippen molar-refractivity contribution in [3.63, 3.8) is 0 Å². The van der Waals surface area contributed by atoms with E-state index >= 15 is 0 Å². The van der Waals surface area contributed by atoms with Crippen LogP contribution in [0.4, 0.5) is 0 Å². The Kier molecular flexibility index (Phi) is 4.67. The molecule has 1 heterocycles. The first-order valence-electron chi connectivity index (χ1n) is 5.44. The maximum Gasteiger partial charge on any atom is 0.222 e. The van der Waals surface area contributed by atoms with E-state index in [-0.39, 0.29) is 11.8 Å². The molecule has 1 unspecified atom stereocenters. The van der Waals surface area contributed by atoms with Crippen LogP contribution in [0.15, 0.2) is 0 Å². The number of hydrogen-bond donors (Lipinski definition) is 2. The van der Waals surface area contributed by atoms with Crippen LogP contribution in [-0.4, -0.2) is 27.2 Å². The molecule has 0 saturated carbocycles. The van der Waals surface area contributed by atoms with E-state index in [1.54, 1.807) is 0 Å². The van der Waals surface area contributed by atoms with Crippen molar-refractivity contribution in [2.24, 2.45) is 13.0 Å². The minimum atomic E-state index is 0.0717. The first kappa shape index (κ1) is 12.9. The van der Waals surface area contributed by atoms with E-state index in [2.05, 4.69) is 15.5 Å². The van der Waals surface area contributed by atoms with Crippen LogP contribution in [0, 0.1) is 10.7 Å². The second-order valence-electron chi connectivity index (χ2n) is 3.85. The molecule has 1 aromatic heterocycles. The average Bonchev–Trinajstić information content (AvgIpc) is 2.59. The number of hydrogen-bond acceptors (Lipinski definition) is 3. The van der Waals surface area contributed by atoms with E-state index in [1.807, 2.05) is 25.5 Å². The van der Waals surface area contributed by atoms with Gasteiger partial charge >= 0.3 is 0 Å². The van der Waals surface area contributed by atoms with Crippen LogP contribution in [-0.2, 0) is 18.3 Å². The maximum atomic E-state index is 11.5. The number of H-pyrrole nitrogens is 1. The van der Waals surface area contributed by atoms with Crippen molar-refractivity contribution in [2.75, 3.05) is 6.54 Å². The van der Waals surface area contributed by atoms with Gasteiger partial charge in [0.05, 0.1) is 0 Å². The van der Waals surface area contributed by atoms with Gasteiger partial charge in [-0.1, -0.05) is 13.8 Å². The normalized spacial score (nSPS) is 12.4. The minimum Gasteiger partial charge on any atom is -0.355 e. The standard InChI is InChI=1S/C10H18N4OS/c1-4-7(2)9(15)11-6-5-8-12-13-10(16)14(8)3/h7H,4-6H2,1-3H3,(H,11,15)(H,13,16). The zero-order chi connectivity index (χ0) is 12.1. The lowest BCUT2D eigenvalue weighted by molar-refractivity contribution is -0.124. The molecule has 5 nitrogen and oxygen atoms in total. The van der Waals surface area contributed by atoms with Crippen molar-refractivity contribution in [3.8, 4) is 0 Å². The van der Waals surface area contributed by atoms with Crippen molar-refractivity contribution in [1.82, 2.24) is 20.1 Å². The molecule has 90 valence electrons. The second-order valence-corrected chi connectivity index (χ2v) is 4.24. The van der Waals surface area contributed by atoms with Gasteiger partial charge in [-0.2, -0.15) is 5.10 Å². The summed E-state index contributed by atoms with van der Waals surface area (Å²) in [6.07, 6.45) is 1.55. The van der Waals surface area contributed by atoms with E-state index in [1.165, 1.54) is 0 Å². The summed E-state index contributed by atoms with van der Waals surface area (Å²) in [6.45, 7) is 4.52. The Balaban J connectivity index is 2.39. The van der Waals surface area contributed by atoms with Gasteiger partial charge in [0, 0.05) is 25.9 Å². The van der Waals surface area contributed by atoms with Gasteiger partial charge in [0.15, 0.2) is 4.77 Å². The summed E-state index contributed by atoms with van der Waals surface area (Å²) in [5.41, 5.74) is 0. The van der Waals surface area contributed by atoms with Gasteiger partial charge < -0.3 is 9.88 Å². The fourth-order valence-corrected chi connectivity index (χ4v) is 1.41. The Hall–Kier alpha value is -1.17. The number of aromatic amines is 1. The molecule has 1 rings (SSSR count). The molecule has 2 N–H and O–H groups in total. The Morgan fingerprint density at radius 1 is 1.69 bits per heavy atom. The predicted molar refractivity (Wildman–Crippen MR) is 64.6 cm³/mol. The highest BCUT2D eigenvalue weighted by Gasteiger charge is 2.09. The van der Waals surface area contributed by atoms with E-state index < -0.39 is 0 Å². The third-order valence-electron chi connectivity index (χ3n) is 2.68. The molecule has 1 atom stereocenters. The van der Waals surface area contributed by atoms with E-state index in [9.17, 15) is 4.79 Å². The van der Waals surface area contributed by atoms with Crippen LogP contribution in [0.5, 0.6) is 0 Å². The van der Waals surface area contributed by atoms with Gasteiger partial charge in [0.2, 0.25) is 5.91 Å². The molecule has 16 heavy (non-hydrogen) atoms. The highest BCUT2D eigenvalue weighted by molar-refractivity contribution is 7.71. The maximum absolute atomic E-state index is 11.5. The van der Waals surface area contributed by atoms with Crippen molar-refractivity contribution in [1.29, 1.82) is 0 Å². The van der Waals surface area contributed by atoms with Gasteiger partial charge in [0.1, 0.15) is 5.82 Å². The minimum absolute atomic E-state index is 0.0717. The highest BCUT2D eigenvalue weighted by atomic mass is 32.1. The molecule has 0 aliphatic rings. The van der Waals surface area contributed by atoms with Crippen LogP contribution in [0.3, 0.4) is 0 Å². The quantitative estimate of drug-likeness (QED) is 0.762. The largest absolute Gasteiger partial charge is 0.355 e. The lowest BCUT2D eigenvalue weighted by atomic mass is 10.1. The Bertz CT molecular complexity index is 409. The Labute approximate surface area is 100 Å². The van der Waals surface area contributed by atoms with E-state index in [4.69, 9.17) is 12.2 Å². The van der Waals surface area contributed by atoms with E-state index in [0.717, 1.165) is 12.2 Å². The summed E-state index contributed by atoms with van der Waals surface area (Å²) in [5, 5.41) is 9.66. The topological polar surface area (TPSA) is 62.7 Å². The molecule has 0 fully saturated rings. The molecule has 0 saturated heterocycles. The molecule has 0 aliphatic heterocycles. The van der Waals surface area contributed by atoms with Gasteiger partial charge in [-0.15, -0.1) is 0 Å². The summed E-state index contributed by atoms with van der Waals surface area (Å²) in [6, 6.07) is 0. The van der Waals surface area contributed by atoms with Crippen molar-refractivity contribution in [3.05, 3.63) is 10.6 Å². The molecule has 1 aromatic rings. The lowest BCUT2D eigenvalue weighted by Gasteiger charge is -2.09. The number of aromatic nitrogens is 3. The van der Waals surface area contributed by atoms with Gasteiger partial charge in [-0.25, -0.2) is 0 Å². The molecule has 0 bridgehead atoms. The first-order valence-corrected chi connectivity index (χ1v) is 5.85. The highest BCUT2D eigenvalue weighted by Crippen LogP contribution is 2.00. The average molecular weight is 242 g/mol. The number of amides is 1. The number of rotatable bonds is 5. The lowest BCUT2D eigenvalue weighted by Crippen LogP contribution is -2.31. The molecule has 0 aliphatic carbocycles. The Morgan fingerprint density at radius 3 is 2.88 bits per heavy atom. The second kappa shape index (κ2) is 5.79. The summed E-state index contributed by atoms with van der Waals surface area (Å²) in [4.78, 5) is 11.5. The van der Waals surface area contributed by atoms with Crippen LogP contribution in [0.25, 0.3) is 0 Å². The van der Waals surface area contributed by atoms with Crippen LogP contribution < -0.4 is 5.32 Å². The fourth-order valence-electron chi connectivity index (χ4n) is 1.26. The van der Waals surface area contributed by atoms with Crippen LogP contribution in [0.1, 0.15) is 26.1 Å². The zero-order valence-electron chi connectivity index (χ0n) is 9.91. The summed E-state index contributed by atoms with van der Waals surface area (Å²) >= 11 is 4.99. The summed E-state index contributed by atoms with van der Waals surface area (Å²) in [7, 11) is 1.86. The number of nitrogens with one attached hydrogen (secondary N) is 2. The third-order valence-corrected chi connectivity index (χ3v) is 3.05. The molecular formula is C10H18N4OS. The van der Waals surface area contributed by atoms with Crippen molar-refractivity contribution >= 4 is 18.1 Å². The Morgan fingerprint density at radius 2 is 2.38 bits per heavy atom. The van der Waals surface area contributed by atoms with Crippen molar-refractivity contribution in [2.45, 2.75) is 26.7 Å². The number of nitrogens with zero attached hydrogens (tertiary/aromatic N) is 2. The first-order chi connectivity index (χ1) is 7.56. The smallest absolute Gasteiger partial charge is 0.222 e. The monoisotopic (exact) mass is 242 g/mol. The number of carbonyl (C=O) groups excluding carboxylic acids is 1. The molecular weight excluding hydrogens is 224 g/mol. The third kappa shape index (κ3) is 3.16. The van der Waals surface area contributed by atoms with Crippen molar-refractivity contribution < 1.29 is 4.79 Å². The molecule has 0 radical (unpaired) electrons. The number of carbonyl (C=O) groups is 1. The zero-order valence-corrected chi connectivity index (χ0v) is 10.7.